The lowest BCUT2D eigenvalue weighted by Gasteiger charge is -2.05. The molecule has 176 valence electrons. The van der Waals surface area contributed by atoms with Crippen LogP contribution in [0.5, 0.6) is 0 Å². The van der Waals surface area contributed by atoms with E-state index in [0.29, 0.717) is 5.76 Å². The Morgan fingerprint density at radius 1 is 0.914 bits per heavy atom. The minimum atomic E-state index is -0.241. The van der Waals surface area contributed by atoms with E-state index in [4.69, 9.17) is 4.42 Å². The second-order valence-electron chi connectivity index (χ2n) is 8.60. The Kier molecular flexibility index (Phi) is 7.00. The molecule has 0 radical (unpaired) electrons. The van der Waals surface area contributed by atoms with E-state index in [2.05, 4.69) is 46.5 Å². The van der Waals surface area contributed by atoms with Crippen LogP contribution >= 0.6 is 11.8 Å². The van der Waals surface area contributed by atoms with Crippen molar-refractivity contribution < 1.29 is 9.21 Å². The van der Waals surface area contributed by atoms with Crippen LogP contribution in [0.2, 0.25) is 0 Å². The Bertz CT molecular complexity index is 1400. The summed E-state index contributed by atoms with van der Waals surface area (Å²) in [6, 6.07) is 28.1. The molecule has 0 atom stereocenters. The van der Waals surface area contributed by atoms with Crippen molar-refractivity contribution in [2.45, 2.75) is 31.3 Å². The van der Waals surface area contributed by atoms with Crippen LogP contribution in [-0.2, 0) is 24.3 Å². The van der Waals surface area contributed by atoms with Crippen LogP contribution in [-0.4, -0.2) is 15.9 Å². The number of amides is 1. The van der Waals surface area contributed by atoms with Gasteiger partial charge in [-0.3, -0.25) is 4.79 Å². The van der Waals surface area contributed by atoms with E-state index in [-0.39, 0.29) is 5.91 Å². The topological polar surface area (TPSA) is 70.9 Å². The fourth-order valence-electron chi connectivity index (χ4n) is 3.98. The predicted octanol–water partition coefficient (Wildman–Crippen LogP) is 6.94. The molecule has 1 amide bonds. The predicted molar refractivity (Wildman–Crippen MR) is 143 cm³/mol. The second-order valence-corrected chi connectivity index (χ2v) is 9.59. The molecule has 5 aromatic rings. The maximum absolute atomic E-state index is 12.6. The Hall–Kier alpha value is -3.77. The van der Waals surface area contributed by atoms with Crippen LogP contribution in [0.1, 0.15) is 38.8 Å². The molecule has 0 saturated carbocycles. The second kappa shape index (κ2) is 10.7. The van der Waals surface area contributed by atoms with Crippen LogP contribution in [0.3, 0.4) is 0 Å². The van der Waals surface area contributed by atoms with Gasteiger partial charge in [-0.25, -0.2) is 4.98 Å². The summed E-state index contributed by atoms with van der Waals surface area (Å²) in [5.74, 6) is 3.50. The van der Waals surface area contributed by atoms with E-state index >= 15 is 0 Å². The summed E-state index contributed by atoms with van der Waals surface area (Å²) >= 11 is 1.77. The molecule has 0 aliphatic heterocycles. The lowest BCUT2D eigenvalue weighted by atomic mass is 10.1. The monoisotopic (exact) mass is 481 g/mol. The fourth-order valence-corrected chi connectivity index (χ4v) is 4.86. The number of nitrogens with one attached hydrogen (secondary N) is 2. The van der Waals surface area contributed by atoms with Gasteiger partial charge >= 0.3 is 0 Å². The third-order valence-corrected chi connectivity index (χ3v) is 6.81. The summed E-state index contributed by atoms with van der Waals surface area (Å²) in [5, 5.41) is 2.92. The molecule has 35 heavy (non-hydrogen) atoms. The van der Waals surface area contributed by atoms with Gasteiger partial charge in [0.1, 0.15) is 11.6 Å². The number of aromatic nitrogens is 2. The first-order valence-corrected chi connectivity index (χ1v) is 12.8. The largest absolute Gasteiger partial charge is 0.455 e. The number of imidazole rings is 1. The summed E-state index contributed by atoms with van der Waals surface area (Å²) < 4.78 is 5.77. The van der Waals surface area contributed by atoms with Crippen molar-refractivity contribution in [1.82, 2.24) is 9.97 Å². The number of H-pyrrole nitrogens is 1. The van der Waals surface area contributed by atoms with Crippen molar-refractivity contribution in [3.05, 3.63) is 119 Å². The molecule has 0 aliphatic rings. The van der Waals surface area contributed by atoms with Crippen LogP contribution in [0.25, 0.3) is 11.0 Å². The number of aryl methyl sites for hydroxylation is 3. The number of carbonyl (C=O) groups excluding carboxylic acids is 1. The molecule has 0 fully saturated rings. The number of furan rings is 1. The van der Waals surface area contributed by atoms with Crippen LogP contribution in [0, 0.1) is 6.92 Å². The molecule has 2 aromatic heterocycles. The molecule has 2 heterocycles. The first-order chi connectivity index (χ1) is 17.1. The SMILES string of the molecule is Cc1cccc(CSCc2ccc(C(=O)Nc3ccc(CCc4nc5ccccc5[nH]4)cc3)o2)c1. The van der Waals surface area contributed by atoms with E-state index in [9.17, 15) is 4.79 Å². The van der Waals surface area contributed by atoms with Gasteiger partial charge in [0.25, 0.3) is 5.91 Å². The summed E-state index contributed by atoms with van der Waals surface area (Å²) in [6.45, 7) is 2.10. The number of hydrogen-bond donors (Lipinski definition) is 2. The first kappa shape index (κ1) is 23.0. The Balaban J connectivity index is 1.10. The number of nitrogens with zero attached hydrogens (tertiary/aromatic N) is 1. The number of aromatic amines is 1. The zero-order chi connectivity index (χ0) is 24.0. The highest BCUT2D eigenvalue weighted by atomic mass is 32.2. The van der Waals surface area contributed by atoms with E-state index in [1.807, 2.05) is 54.6 Å². The quantitative estimate of drug-likeness (QED) is 0.239. The lowest BCUT2D eigenvalue weighted by Crippen LogP contribution is -2.10. The highest BCUT2D eigenvalue weighted by molar-refractivity contribution is 7.97. The molecule has 5 nitrogen and oxygen atoms in total. The number of para-hydroxylation sites is 2. The minimum Gasteiger partial charge on any atom is -0.455 e. The Labute approximate surface area is 209 Å². The van der Waals surface area contributed by atoms with E-state index in [1.54, 1.807) is 17.8 Å². The summed E-state index contributed by atoms with van der Waals surface area (Å²) in [6.07, 6.45) is 1.70. The van der Waals surface area contributed by atoms with Gasteiger partial charge < -0.3 is 14.7 Å². The smallest absolute Gasteiger partial charge is 0.291 e. The van der Waals surface area contributed by atoms with Gasteiger partial charge in [-0.2, -0.15) is 0 Å². The maximum atomic E-state index is 12.6. The van der Waals surface area contributed by atoms with Crippen LogP contribution in [0.15, 0.2) is 89.3 Å². The Morgan fingerprint density at radius 2 is 1.77 bits per heavy atom. The van der Waals surface area contributed by atoms with Gasteiger partial charge in [0, 0.05) is 17.9 Å². The number of thioether (sulfide) groups is 1. The van der Waals surface area contributed by atoms with Crippen LogP contribution < -0.4 is 5.32 Å². The average Bonchev–Trinajstić information content (AvgIpc) is 3.51. The summed E-state index contributed by atoms with van der Waals surface area (Å²) in [5.41, 5.74) is 6.54. The third kappa shape index (κ3) is 6.03. The van der Waals surface area contributed by atoms with E-state index in [1.165, 1.54) is 16.7 Å². The maximum Gasteiger partial charge on any atom is 0.291 e. The molecule has 0 spiro atoms. The van der Waals surface area contributed by atoms with Crippen molar-refractivity contribution in [1.29, 1.82) is 0 Å². The zero-order valence-corrected chi connectivity index (χ0v) is 20.4. The summed E-state index contributed by atoms with van der Waals surface area (Å²) in [4.78, 5) is 20.6. The molecule has 0 saturated heterocycles. The number of anilines is 1. The van der Waals surface area contributed by atoms with Gasteiger partial charge in [0.05, 0.1) is 16.8 Å². The highest BCUT2D eigenvalue weighted by Gasteiger charge is 2.12. The number of carbonyl (C=O) groups is 1. The lowest BCUT2D eigenvalue weighted by molar-refractivity contribution is 0.0995. The first-order valence-electron chi connectivity index (χ1n) is 11.7. The number of fused-ring (bicyclic) bond motifs is 1. The van der Waals surface area contributed by atoms with Gasteiger partial charge in [-0.05, 0) is 60.9 Å². The molecule has 5 rings (SSSR count). The van der Waals surface area contributed by atoms with Gasteiger partial charge in [-0.1, -0.05) is 54.1 Å². The average molecular weight is 482 g/mol. The standard InChI is InChI=1S/C29H27N3O2S/c1-20-5-4-6-22(17-20)18-35-19-24-14-15-27(34-24)29(33)30-23-12-9-21(10-13-23)11-16-28-31-25-7-2-3-8-26(25)32-28/h2-10,12-15,17H,11,16,18-19H2,1H3,(H,30,33)(H,31,32). The van der Waals surface area contributed by atoms with Crippen molar-refractivity contribution in [3.63, 3.8) is 0 Å². The highest BCUT2D eigenvalue weighted by Crippen LogP contribution is 2.21. The summed E-state index contributed by atoms with van der Waals surface area (Å²) in [7, 11) is 0. The molecule has 6 heteroatoms. The fraction of sp³-hybridized carbons (Fsp3) is 0.172. The van der Waals surface area contributed by atoms with Crippen molar-refractivity contribution in [3.8, 4) is 0 Å². The number of benzene rings is 3. The molecule has 3 aromatic carbocycles. The minimum absolute atomic E-state index is 0.241. The van der Waals surface area contributed by atoms with E-state index < -0.39 is 0 Å². The van der Waals surface area contributed by atoms with Gasteiger partial charge in [0.2, 0.25) is 0 Å². The van der Waals surface area contributed by atoms with Crippen LogP contribution in [0.4, 0.5) is 5.69 Å². The number of hydrogen-bond acceptors (Lipinski definition) is 4. The number of rotatable bonds is 9. The Morgan fingerprint density at radius 3 is 2.60 bits per heavy atom. The van der Waals surface area contributed by atoms with Crippen molar-refractivity contribution >= 4 is 34.4 Å². The molecular formula is C29H27N3O2S. The van der Waals surface area contributed by atoms with Gasteiger partial charge in [0.15, 0.2) is 5.76 Å². The molecule has 2 N–H and O–H groups in total. The van der Waals surface area contributed by atoms with Gasteiger partial charge in [-0.15, -0.1) is 11.8 Å². The molecule has 0 aliphatic carbocycles. The van der Waals surface area contributed by atoms with Crippen molar-refractivity contribution in [2.24, 2.45) is 0 Å². The normalized spacial score (nSPS) is 11.1. The van der Waals surface area contributed by atoms with Crippen molar-refractivity contribution in [2.75, 3.05) is 5.32 Å². The third-order valence-electron chi connectivity index (χ3n) is 5.78. The zero-order valence-electron chi connectivity index (χ0n) is 19.6. The van der Waals surface area contributed by atoms with E-state index in [0.717, 1.165) is 52.7 Å². The molecule has 0 unspecified atom stereocenters. The molecule has 0 bridgehead atoms. The molecular weight excluding hydrogens is 454 g/mol.